The van der Waals surface area contributed by atoms with Crippen LogP contribution in [0.3, 0.4) is 0 Å². The second-order valence-electron chi connectivity index (χ2n) is 6.63. The summed E-state index contributed by atoms with van der Waals surface area (Å²) in [4.78, 5) is 7.36. The largest absolute Gasteiger partial charge is 0.356 e. The van der Waals surface area contributed by atoms with Crippen LogP contribution in [0.5, 0.6) is 0 Å². The lowest BCUT2D eigenvalue weighted by Crippen LogP contribution is -2.39. The molecule has 3 heteroatoms. The molecule has 0 aliphatic carbocycles. The lowest BCUT2D eigenvalue weighted by atomic mass is 9.88. The first-order valence-electron chi connectivity index (χ1n) is 7.91. The van der Waals surface area contributed by atoms with Crippen LogP contribution in [0.2, 0.25) is 0 Å². The van der Waals surface area contributed by atoms with Gasteiger partial charge in [0, 0.05) is 25.3 Å². The molecule has 1 aromatic heterocycles. The highest BCUT2D eigenvalue weighted by molar-refractivity contribution is 5.44. The summed E-state index contributed by atoms with van der Waals surface area (Å²) < 4.78 is 0. The van der Waals surface area contributed by atoms with Crippen molar-refractivity contribution in [2.24, 2.45) is 11.8 Å². The van der Waals surface area contributed by atoms with Crippen LogP contribution >= 0.6 is 0 Å². The Balaban J connectivity index is 2.25. The Hall–Kier alpha value is -1.09. The van der Waals surface area contributed by atoms with Gasteiger partial charge in [0.25, 0.3) is 0 Å². The first-order valence-corrected chi connectivity index (χ1v) is 7.91. The molecule has 1 aliphatic rings. The zero-order chi connectivity index (χ0) is 14.7. The van der Waals surface area contributed by atoms with Gasteiger partial charge in [0.05, 0.1) is 0 Å². The van der Waals surface area contributed by atoms with E-state index in [0.717, 1.165) is 31.5 Å². The molecule has 0 spiro atoms. The van der Waals surface area contributed by atoms with Gasteiger partial charge in [0.15, 0.2) is 0 Å². The fraction of sp³-hybridized carbons (Fsp3) is 0.706. The predicted octanol–water partition coefficient (Wildman–Crippen LogP) is 3.41. The minimum Gasteiger partial charge on any atom is -0.356 e. The van der Waals surface area contributed by atoms with Crippen molar-refractivity contribution in [1.29, 1.82) is 0 Å². The highest BCUT2D eigenvalue weighted by Gasteiger charge is 2.24. The van der Waals surface area contributed by atoms with Gasteiger partial charge in [0.1, 0.15) is 5.82 Å². The van der Waals surface area contributed by atoms with Crippen molar-refractivity contribution in [2.45, 2.75) is 46.6 Å². The Morgan fingerprint density at radius 2 is 2.05 bits per heavy atom. The smallest absolute Gasteiger partial charge is 0.129 e. The normalized spacial score (nSPS) is 23.4. The molecule has 1 aromatic rings. The molecule has 1 fully saturated rings. The molecular weight excluding hydrogens is 246 g/mol. The quantitative estimate of drug-likeness (QED) is 0.913. The van der Waals surface area contributed by atoms with E-state index in [1.807, 2.05) is 7.05 Å². The van der Waals surface area contributed by atoms with Crippen molar-refractivity contribution < 1.29 is 0 Å². The number of hydrogen-bond donors (Lipinski definition) is 1. The van der Waals surface area contributed by atoms with Gasteiger partial charge >= 0.3 is 0 Å². The topological polar surface area (TPSA) is 28.2 Å². The van der Waals surface area contributed by atoms with Crippen LogP contribution in [0.25, 0.3) is 0 Å². The number of pyridine rings is 1. The average molecular weight is 275 g/mol. The van der Waals surface area contributed by atoms with Crippen LogP contribution in [-0.2, 0) is 6.54 Å². The number of rotatable bonds is 4. The lowest BCUT2D eigenvalue weighted by Gasteiger charge is -2.36. The lowest BCUT2D eigenvalue weighted by molar-refractivity contribution is 0.322. The SMILES string of the molecule is CNCc1cc(C(C)C)nc(N2CCC(C)C(C)C2)c1. The molecule has 2 heterocycles. The molecule has 0 radical (unpaired) electrons. The Kier molecular flexibility index (Phi) is 5.03. The summed E-state index contributed by atoms with van der Waals surface area (Å²) in [5.41, 5.74) is 2.55. The summed E-state index contributed by atoms with van der Waals surface area (Å²) in [6.07, 6.45) is 1.27. The Bertz CT molecular complexity index is 442. The third-order valence-electron chi connectivity index (χ3n) is 4.52. The van der Waals surface area contributed by atoms with Crippen molar-refractivity contribution in [1.82, 2.24) is 10.3 Å². The molecule has 0 bridgehead atoms. The molecule has 3 nitrogen and oxygen atoms in total. The highest BCUT2D eigenvalue weighted by Crippen LogP contribution is 2.27. The van der Waals surface area contributed by atoms with Crippen molar-refractivity contribution in [3.8, 4) is 0 Å². The summed E-state index contributed by atoms with van der Waals surface area (Å²) >= 11 is 0. The molecule has 1 N–H and O–H groups in total. The van der Waals surface area contributed by atoms with Gasteiger partial charge in [-0.2, -0.15) is 0 Å². The average Bonchev–Trinajstić information content (AvgIpc) is 2.42. The molecule has 20 heavy (non-hydrogen) atoms. The zero-order valence-corrected chi connectivity index (χ0v) is 13.6. The van der Waals surface area contributed by atoms with Gasteiger partial charge in [-0.25, -0.2) is 4.98 Å². The maximum absolute atomic E-state index is 4.90. The standard InChI is InChI=1S/C17H29N3/c1-12(2)16-8-15(10-18-5)9-17(19-16)20-7-6-13(3)14(4)11-20/h8-9,12-14,18H,6-7,10-11H2,1-5H3. The molecule has 1 saturated heterocycles. The number of nitrogens with one attached hydrogen (secondary N) is 1. The van der Waals surface area contributed by atoms with E-state index in [4.69, 9.17) is 4.98 Å². The van der Waals surface area contributed by atoms with Crippen LogP contribution in [0.4, 0.5) is 5.82 Å². The number of aromatic nitrogens is 1. The molecule has 2 rings (SSSR count). The third kappa shape index (κ3) is 3.51. The van der Waals surface area contributed by atoms with Gasteiger partial charge in [-0.15, -0.1) is 0 Å². The van der Waals surface area contributed by atoms with Crippen molar-refractivity contribution in [2.75, 3.05) is 25.0 Å². The maximum atomic E-state index is 4.90. The van der Waals surface area contributed by atoms with Gasteiger partial charge in [-0.3, -0.25) is 0 Å². The second-order valence-corrected chi connectivity index (χ2v) is 6.63. The number of hydrogen-bond acceptors (Lipinski definition) is 3. The minimum atomic E-state index is 0.478. The van der Waals surface area contributed by atoms with Crippen molar-refractivity contribution >= 4 is 5.82 Å². The second kappa shape index (κ2) is 6.57. The van der Waals surface area contributed by atoms with Gasteiger partial charge in [-0.05, 0) is 48.9 Å². The molecule has 0 amide bonds. The van der Waals surface area contributed by atoms with Crippen LogP contribution in [-0.4, -0.2) is 25.1 Å². The Labute approximate surface area is 123 Å². The maximum Gasteiger partial charge on any atom is 0.129 e. The number of anilines is 1. The van der Waals surface area contributed by atoms with Crippen molar-refractivity contribution in [3.05, 3.63) is 23.4 Å². The third-order valence-corrected chi connectivity index (χ3v) is 4.52. The molecular formula is C17H29N3. The van der Waals surface area contributed by atoms with E-state index in [-0.39, 0.29) is 0 Å². The molecule has 0 saturated carbocycles. The van der Waals surface area contributed by atoms with E-state index in [9.17, 15) is 0 Å². The Morgan fingerprint density at radius 3 is 2.65 bits per heavy atom. The molecule has 1 aliphatic heterocycles. The van der Waals surface area contributed by atoms with Gasteiger partial charge in [-0.1, -0.05) is 27.7 Å². The Morgan fingerprint density at radius 1 is 1.30 bits per heavy atom. The fourth-order valence-corrected chi connectivity index (χ4v) is 2.83. The summed E-state index contributed by atoms with van der Waals surface area (Å²) in [5.74, 6) is 3.23. The summed E-state index contributed by atoms with van der Waals surface area (Å²) in [7, 11) is 2.00. The van der Waals surface area contributed by atoms with Gasteiger partial charge in [0.2, 0.25) is 0 Å². The molecule has 112 valence electrons. The van der Waals surface area contributed by atoms with E-state index >= 15 is 0 Å². The van der Waals surface area contributed by atoms with E-state index in [2.05, 4.69) is 50.0 Å². The highest BCUT2D eigenvalue weighted by atomic mass is 15.2. The first kappa shape index (κ1) is 15.3. The first-order chi connectivity index (χ1) is 9.51. The number of piperidine rings is 1. The minimum absolute atomic E-state index is 0.478. The van der Waals surface area contributed by atoms with Crippen LogP contribution in [0, 0.1) is 11.8 Å². The van der Waals surface area contributed by atoms with E-state index in [1.165, 1.54) is 23.5 Å². The van der Waals surface area contributed by atoms with E-state index < -0.39 is 0 Å². The summed E-state index contributed by atoms with van der Waals surface area (Å²) in [6, 6.07) is 4.49. The summed E-state index contributed by atoms with van der Waals surface area (Å²) in [6.45, 7) is 12.3. The van der Waals surface area contributed by atoms with Gasteiger partial charge < -0.3 is 10.2 Å². The van der Waals surface area contributed by atoms with Crippen LogP contribution < -0.4 is 10.2 Å². The molecule has 2 atom stereocenters. The predicted molar refractivity (Wildman–Crippen MR) is 86.2 cm³/mol. The fourth-order valence-electron chi connectivity index (χ4n) is 2.83. The van der Waals surface area contributed by atoms with E-state index in [1.54, 1.807) is 0 Å². The monoisotopic (exact) mass is 275 g/mol. The number of nitrogens with zero attached hydrogens (tertiary/aromatic N) is 2. The zero-order valence-electron chi connectivity index (χ0n) is 13.6. The van der Waals surface area contributed by atoms with Crippen molar-refractivity contribution in [3.63, 3.8) is 0 Å². The van der Waals surface area contributed by atoms with Crippen LogP contribution in [0.1, 0.15) is 51.3 Å². The molecule has 0 aromatic carbocycles. The van der Waals surface area contributed by atoms with E-state index in [0.29, 0.717) is 5.92 Å². The van der Waals surface area contributed by atoms with Crippen LogP contribution in [0.15, 0.2) is 12.1 Å². The molecule has 2 unspecified atom stereocenters. The summed E-state index contributed by atoms with van der Waals surface area (Å²) in [5, 5.41) is 3.25.